The Bertz CT molecular complexity index is 4310. The summed E-state index contributed by atoms with van der Waals surface area (Å²) >= 11 is 0. The highest BCUT2D eigenvalue weighted by Gasteiger charge is 2.28. The van der Waals surface area contributed by atoms with Crippen LogP contribution in [-0.2, 0) is 27.1 Å². The van der Waals surface area contributed by atoms with E-state index in [4.69, 9.17) is 23.7 Å². The number of hydrogen-bond acceptors (Lipinski definition) is 10. The number of aliphatic hydroxyl groups excluding tert-OH is 4. The van der Waals surface area contributed by atoms with Gasteiger partial charge < -0.3 is 44.1 Å². The number of carbonyl (C=O) groups excluding carboxylic acids is 1. The number of carbonyl (C=O) groups is 1. The van der Waals surface area contributed by atoms with Crippen LogP contribution in [0.3, 0.4) is 0 Å². The molecule has 15 heteroatoms. The maximum atomic E-state index is 14.3. The second-order valence-electron chi connectivity index (χ2n) is 32.7. The van der Waals surface area contributed by atoms with E-state index in [2.05, 4.69) is 83.1 Å². The van der Waals surface area contributed by atoms with Crippen molar-refractivity contribution in [3.05, 3.63) is 267 Å². The number of hydrogen-bond donors (Lipinski definition) is 4. The minimum absolute atomic E-state index is 0.00293. The van der Waals surface area contributed by atoms with Gasteiger partial charge >= 0.3 is 0 Å². The summed E-state index contributed by atoms with van der Waals surface area (Å²) in [5.74, 6) is 1.66. The summed E-state index contributed by atoms with van der Waals surface area (Å²) < 4.78 is 97.6. The van der Waals surface area contributed by atoms with Crippen LogP contribution in [0.15, 0.2) is 182 Å². The van der Waals surface area contributed by atoms with Gasteiger partial charge in [0.05, 0.1) is 60.0 Å². The molecule has 10 nitrogen and oxygen atoms in total. The molecule has 0 aliphatic carbocycles. The molecule has 0 bridgehead atoms. The summed E-state index contributed by atoms with van der Waals surface area (Å²) in [4.78, 5) is 11.6. The van der Waals surface area contributed by atoms with Crippen LogP contribution in [0.2, 0.25) is 0 Å². The standard InChI is InChI=1S/4C19H23FO2.C19H21FO2/c5*1-12(21)13-6-8-15(17(10-13)19(2,3)4)16-11-14(22-5)7-9-18(16)20/h4*6-12,21H,1-5H3;6-11H,1-5H3/t2*12-;;;/m10.../s1. The van der Waals surface area contributed by atoms with Gasteiger partial charge in [0.25, 0.3) is 0 Å². The fourth-order valence-electron chi connectivity index (χ4n) is 12.5. The van der Waals surface area contributed by atoms with E-state index in [9.17, 15) is 47.2 Å². The minimum atomic E-state index is -0.551. The summed E-state index contributed by atoms with van der Waals surface area (Å²) in [6.45, 7) is 39.6. The van der Waals surface area contributed by atoms with Crippen LogP contribution < -0.4 is 23.7 Å². The number of Topliss-reactive ketones (excluding diaryl/α,β-unsaturated/α-hetero) is 1. The normalized spacial score (nSPS) is 12.7. The molecular weight excluding hydrogens is 1400 g/mol. The van der Waals surface area contributed by atoms with Crippen molar-refractivity contribution in [2.45, 2.75) is 190 Å². The van der Waals surface area contributed by atoms with Gasteiger partial charge in [0.15, 0.2) is 5.78 Å². The average molecular weight is 1510 g/mol. The average Bonchev–Trinajstić information content (AvgIpc) is 0.809. The Morgan fingerprint density at radius 3 is 0.591 bits per heavy atom. The molecule has 10 aromatic carbocycles. The molecule has 0 amide bonds. The molecule has 0 radical (unpaired) electrons. The van der Waals surface area contributed by atoms with Crippen LogP contribution in [0, 0.1) is 29.1 Å². The summed E-state index contributed by atoms with van der Waals surface area (Å²) in [6, 6.07) is 51.8. The summed E-state index contributed by atoms with van der Waals surface area (Å²) in [7, 11) is 7.83. The number of methoxy groups -OCH3 is 5. The molecule has 2 unspecified atom stereocenters. The predicted octanol–water partition coefficient (Wildman–Crippen LogP) is 24.4. The first-order valence-corrected chi connectivity index (χ1v) is 36.8. The van der Waals surface area contributed by atoms with Crippen molar-refractivity contribution in [2.75, 3.05) is 35.5 Å². The molecule has 4 N–H and O–H groups in total. The first-order valence-electron chi connectivity index (χ1n) is 36.8. The van der Waals surface area contributed by atoms with Crippen LogP contribution >= 0.6 is 0 Å². The number of rotatable bonds is 15. The first-order chi connectivity index (χ1) is 51.2. The van der Waals surface area contributed by atoms with Crippen molar-refractivity contribution in [1.82, 2.24) is 0 Å². The van der Waals surface area contributed by atoms with E-state index in [1.165, 1.54) is 37.3 Å². The Kier molecular flexibility index (Phi) is 30.3. The zero-order valence-electron chi connectivity index (χ0n) is 68.8. The van der Waals surface area contributed by atoms with Gasteiger partial charge in [0, 0.05) is 33.4 Å². The lowest BCUT2D eigenvalue weighted by Crippen LogP contribution is -2.14. The predicted molar refractivity (Wildman–Crippen MR) is 438 cm³/mol. The van der Waals surface area contributed by atoms with Gasteiger partial charge in [-0.15, -0.1) is 0 Å². The van der Waals surface area contributed by atoms with E-state index in [-0.39, 0.29) is 61.9 Å². The van der Waals surface area contributed by atoms with Crippen LogP contribution in [0.25, 0.3) is 55.6 Å². The molecule has 0 spiro atoms. The van der Waals surface area contributed by atoms with Gasteiger partial charge in [0.2, 0.25) is 0 Å². The highest BCUT2D eigenvalue weighted by atomic mass is 19.1. The fraction of sp³-hybridized carbons (Fsp3) is 0.358. The molecule has 110 heavy (non-hydrogen) atoms. The molecule has 588 valence electrons. The van der Waals surface area contributed by atoms with Crippen molar-refractivity contribution in [3.8, 4) is 84.4 Å². The number of aliphatic hydroxyl groups is 4. The Balaban J connectivity index is 0.000000215. The largest absolute Gasteiger partial charge is 0.497 e. The minimum Gasteiger partial charge on any atom is -0.497 e. The van der Waals surface area contributed by atoms with E-state index in [1.54, 1.807) is 130 Å². The second-order valence-corrected chi connectivity index (χ2v) is 32.7. The number of benzene rings is 10. The Morgan fingerprint density at radius 1 is 0.264 bits per heavy atom. The Labute approximate surface area is 649 Å². The van der Waals surface area contributed by atoms with E-state index in [0.717, 1.165) is 77.9 Å². The maximum absolute atomic E-state index is 14.3. The van der Waals surface area contributed by atoms with Crippen molar-refractivity contribution >= 4 is 5.78 Å². The Morgan fingerprint density at radius 2 is 0.436 bits per heavy atom. The molecule has 4 atom stereocenters. The summed E-state index contributed by atoms with van der Waals surface area (Å²) in [6.07, 6.45) is -2.20. The molecule has 0 fully saturated rings. The first kappa shape index (κ1) is 89.3. The summed E-state index contributed by atoms with van der Waals surface area (Å²) in [5.41, 5.74) is 14.6. The van der Waals surface area contributed by atoms with Crippen molar-refractivity contribution < 1.29 is 70.9 Å². The molecule has 0 saturated heterocycles. The maximum Gasteiger partial charge on any atom is 0.159 e. The van der Waals surface area contributed by atoms with Gasteiger partial charge in [-0.2, -0.15) is 0 Å². The zero-order valence-corrected chi connectivity index (χ0v) is 68.8. The number of halogens is 5. The highest BCUT2D eigenvalue weighted by molar-refractivity contribution is 5.95. The topological polar surface area (TPSA) is 144 Å². The Hall–Kier alpha value is -9.64. The third-order valence-corrected chi connectivity index (χ3v) is 18.9. The van der Waals surface area contributed by atoms with Crippen LogP contribution in [0.1, 0.15) is 223 Å². The molecule has 10 aromatic rings. The monoisotopic (exact) mass is 1510 g/mol. The number of ether oxygens (including phenoxy) is 5. The molecule has 0 aliphatic rings. The van der Waals surface area contributed by atoms with E-state index in [0.29, 0.717) is 62.1 Å². The lowest BCUT2D eigenvalue weighted by atomic mass is 9.80. The zero-order chi connectivity index (χ0) is 82.5. The van der Waals surface area contributed by atoms with Crippen molar-refractivity contribution in [2.24, 2.45) is 0 Å². The van der Waals surface area contributed by atoms with E-state index in [1.807, 2.05) is 106 Å². The third kappa shape index (κ3) is 23.2. The highest BCUT2D eigenvalue weighted by Crippen LogP contribution is 2.44. The molecule has 0 saturated carbocycles. The molecule has 0 aromatic heterocycles. The molecule has 10 rings (SSSR count). The molecule has 0 heterocycles. The molecule has 0 aliphatic heterocycles. The smallest absolute Gasteiger partial charge is 0.159 e. The van der Waals surface area contributed by atoms with Crippen LogP contribution in [0.4, 0.5) is 22.0 Å². The van der Waals surface area contributed by atoms with Crippen molar-refractivity contribution in [1.29, 1.82) is 0 Å². The van der Waals surface area contributed by atoms with Gasteiger partial charge in [0.1, 0.15) is 57.8 Å². The lowest BCUT2D eigenvalue weighted by molar-refractivity contribution is 0.101. The van der Waals surface area contributed by atoms with Gasteiger partial charge in [-0.3, -0.25) is 4.79 Å². The van der Waals surface area contributed by atoms with Gasteiger partial charge in [-0.05, 0) is 237 Å². The van der Waals surface area contributed by atoms with E-state index < -0.39 is 24.4 Å². The van der Waals surface area contributed by atoms with E-state index >= 15 is 0 Å². The van der Waals surface area contributed by atoms with Gasteiger partial charge in [-0.25, -0.2) is 22.0 Å². The van der Waals surface area contributed by atoms with Crippen LogP contribution in [-0.4, -0.2) is 61.8 Å². The lowest BCUT2D eigenvalue weighted by Gasteiger charge is -2.25. The second kappa shape index (κ2) is 37.4. The third-order valence-electron chi connectivity index (χ3n) is 18.9. The van der Waals surface area contributed by atoms with Crippen molar-refractivity contribution in [3.63, 3.8) is 0 Å². The fourth-order valence-corrected chi connectivity index (χ4v) is 12.5. The van der Waals surface area contributed by atoms with Gasteiger partial charge in [-0.1, -0.05) is 189 Å². The quantitative estimate of drug-likeness (QED) is 0.0578. The molecular formula is C95H113F5O10. The SMILES string of the molecule is COc1ccc(F)c(-c2ccc(C(C)=O)cc2C(C)(C)C)c1.COc1ccc(F)c(-c2ccc(C(C)O)cc2C(C)(C)C)c1.COc1ccc(F)c(-c2ccc(C(C)O)cc2C(C)(C)C)c1.COc1ccc(F)c(-c2ccc([C@@H](C)O)cc2C(C)(C)C)c1.COc1ccc(F)c(-c2ccc([C@H](C)O)cc2C(C)(C)C)c1. The van der Waals surface area contributed by atoms with Crippen LogP contribution in [0.5, 0.6) is 28.7 Å². The number of ketones is 1. The summed E-state index contributed by atoms with van der Waals surface area (Å²) in [5, 5.41) is 39.3.